The lowest BCUT2D eigenvalue weighted by Crippen LogP contribution is -2.47. The number of anilines is 3. The molecule has 2 fully saturated rings. The Hall–Kier alpha value is -3.65. The fraction of sp³-hybridized carbons (Fsp3) is 0.406. The first-order valence-electron chi connectivity index (χ1n) is 14.4. The van der Waals surface area contributed by atoms with Crippen molar-refractivity contribution in [1.82, 2.24) is 9.47 Å². The Bertz CT molecular complexity index is 1480. The third-order valence-electron chi connectivity index (χ3n) is 8.69. The van der Waals surface area contributed by atoms with E-state index in [2.05, 4.69) is 41.5 Å². The molecule has 1 aromatic heterocycles. The molecule has 2 saturated heterocycles. The minimum absolute atomic E-state index is 0.0720. The van der Waals surface area contributed by atoms with E-state index >= 15 is 0 Å². The number of carbonyl (C=O) groups excluding carboxylic acids is 1. The van der Waals surface area contributed by atoms with E-state index in [9.17, 15) is 9.59 Å². The zero-order chi connectivity index (χ0) is 27.8. The Morgan fingerprint density at radius 2 is 1.73 bits per heavy atom. The predicted octanol–water partition coefficient (Wildman–Crippen LogP) is 5.46. The van der Waals surface area contributed by atoms with E-state index in [0.717, 1.165) is 74.7 Å². The van der Waals surface area contributed by atoms with Gasteiger partial charge in [-0.05, 0) is 86.6 Å². The number of carbonyl (C=O) groups is 1. The van der Waals surface area contributed by atoms with Gasteiger partial charge in [0.1, 0.15) is 0 Å². The lowest BCUT2D eigenvalue weighted by atomic mass is 9.83. The topological polar surface area (TPSA) is 69.6 Å². The van der Waals surface area contributed by atoms with Crippen LogP contribution in [0, 0.1) is 18.8 Å². The van der Waals surface area contributed by atoms with Crippen LogP contribution in [-0.4, -0.2) is 46.7 Å². The van der Waals surface area contributed by atoms with Crippen molar-refractivity contribution in [1.29, 1.82) is 0 Å². The molecular formula is C32H37N5O2S. The third kappa shape index (κ3) is 5.50. The maximum absolute atomic E-state index is 13.5. The number of amides is 1. The van der Waals surface area contributed by atoms with Gasteiger partial charge in [-0.2, -0.15) is 0 Å². The van der Waals surface area contributed by atoms with Crippen LogP contribution in [0.25, 0.3) is 0 Å². The summed E-state index contributed by atoms with van der Waals surface area (Å²) in [7, 11) is 0. The van der Waals surface area contributed by atoms with Gasteiger partial charge in [-0.25, -0.2) is 0 Å². The molecule has 3 aromatic rings. The van der Waals surface area contributed by atoms with Gasteiger partial charge >= 0.3 is 0 Å². The summed E-state index contributed by atoms with van der Waals surface area (Å²) in [5.41, 5.74) is 5.83. The molecule has 2 N–H and O–H groups in total. The summed E-state index contributed by atoms with van der Waals surface area (Å²) in [6, 6.07) is 19.7. The molecular weight excluding hydrogens is 518 g/mol. The van der Waals surface area contributed by atoms with Crippen molar-refractivity contribution >= 4 is 40.3 Å². The van der Waals surface area contributed by atoms with Crippen molar-refractivity contribution in [2.75, 3.05) is 41.7 Å². The van der Waals surface area contributed by atoms with E-state index in [-0.39, 0.29) is 17.4 Å². The van der Waals surface area contributed by atoms with Gasteiger partial charge in [-0.3, -0.25) is 9.59 Å². The van der Waals surface area contributed by atoms with Crippen LogP contribution >= 0.6 is 12.2 Å². The molecule has 0 radical (unpaired) electrons. The highest BCUT2D eigenvalue weighted by Gasteiger charge is 2.35. The van der Waals surface area contributed by atoms with E-state index in [0.29, 0.717) is 22.5 Å². The van der Waals surface area contributed by atoms with Crippen LogP contribution in [0.2, 0.25) is 0 Å². The van der Waals surface area contributed by atoms with E-state index in [1.165, 1.54) is 5.56 Å². The van der Waals surface area contributed by atoms with Gasteiger partial charge in [0.25, 0.3) is 11.5 Å². The van der Waals surface area contributed by atoms with E-state index < -0.39 is 0 Å². The number of benzene rings is 2. The zero-order valence-corrected chi connectivity index (χ0v) is 24.0. The highest BCUT2D eigenvalue weighted by atomic mass is 32.1. The van der Waals surface area contributed by atoms with Crippen molar-refractivity contribution in [2.45, 2.75) is 45.6 Å². The summed E-state index contributed by atoms with van der Waals surface area (Å²) in [5.74, 6) is 1.40. The number of aromatic nitrogens is 1. The first-order chi connectivity index (χ1) is 19.3. The number of piperidine rings is 2. The zero-order valence-electron chi connectivity index (χ0n) is 23.2. The third-order valence-corrected chi connectivity index (χ3v) is 8.90. The summed E-state index contributed by atoms with van der Waals surface area (Å²) < 4.78 is 1.96. The lowest BCUT2D eigenvalue weighted by molar-refractivity contribution is 0.0697. The van der Waals surface area contributed by atoms with Crippen molar-refractivity contribution < 1.29 is 4.79 Å². The first-order valence-corrected chi connectivity index (χ1v) is 14.8. The van der Waals surface area contributed by atoms with Crippen LogP contribution in [0.4, 0.5) is 17.1 Å². The molecule has 208 valence electrons. The quantitative estimate of drug-likeness (QED) is 0.417. The van der Waals surface area contributed by atoms with Gasteiger partial charge in [0.05, 0.1) is 11.4 Å². The summed E-state index contributed by atoms with van der Waals surface area (Å²) in [4.78, 5) is 30.4. The Labute approximate surface area is 241 Å². The first kappa shape index (κ1) is 26.6. The van der Waals surface area contributed by atoms with E-state index in [4.69, 9.17) is 12.2 Å². The molecule has 8 heteroatoms. The maximum atomic E-state index is 13.5. The van der Waals surface area contributed by atoms with Crippen LogP contribution < -0.4 is 21.1 Å². The number of hydrogen-bond donors (Lipinski definition) is 2. The van der Waals surface area contributed by atoms with Crippen LogP contribution in [-0.2, 0) is 6.54 Å². The van der Waals surface area contributed by atoms with E-state index in [1.807, 2.05) is 51.9 Å². The summed E-state index contributed by atoms with van der Waals surface area (Å²) in [6.45, 7) is 8.30. The number of rotatable bonds is 4. The van der Waals surface area contributed by atoms with Crippen LogP contribution in [0.15, 0.2) is 65.5 Å². The van der Waals surface area contributed by atoms with Gasteiger partial charge in [0.15, 0.2) is 5.11 Å². The Morgan fingerprint density at radius 1 is 0.950 bits per heavy atom. The minimum Gasteiger partial charge on any atom is -0.369 e. The average Bonchev–Trinajstić information content (AvgIpc) is 2.95. The number of nitrogens with zero attached hydrogens (tertiary/aromatic N) is 3. The predicted molar refractivity (Wildman–Crippen MR) is 166 cm³/mol. The molecule has 4 heterocycles. The number of thiocarbonyl (C=S) groups is 1. The molecule has 0 aliphatic carbocycles. The largest absolute Gasteiger partial charge is 0.369 e. The highest BCUT2D eigenvalue weighted by molar-refractivity contribution is 7.80. The van der Waals surface area contributed by atoms with E-state index in [1.54, 1.807) is 6.07 Å². The van der Waals surface area contributed by atoms with Gasteiger partial charge in [0.2, 0.25) is 0 Å². The van der Waals surface area contributed by atoms with Crippen molar-refractivity contribution in [3.05, 3.63) is 87.8 Å². The lowest BCUT2D eigenvalue weighted by Gasteiger charge is -2.44. The fourth-order valence-electron chi connectivity index (χ4n) is 6.45. The molecule has 2 bridgehead atoms. The normalized spacial score (nSPS) is 20.6. The van der Waals surface area contributed by atoms with Gasteiger partial charge < -0.3 is 25.0 Å². The standard InChI is InChI=1S/C32H37N5O2S/c1-21-6-9-26(10-7-21)33-32(40)34-27-17-24(31(39)35-14-12-22(2)13-15-35)8-11-29(27)36-18-23-16-25(20-36)28-4-3-5-30(38)37(28)19-23/h3-11,17,22-23,25H,12-16,18-20H2,1-2H3,(H2,33,34,40)/t23-,25+/m1/s1. The van der Waals surface area contributed by atoms with Crippen LogP contribution in [0.5, 0.6) is 0 Å². The molecule has 6 rings (SSSR count). The SMILES string of the molecule is Cc1ccc(NC(=S)Nc2cc(C(=O)N3CCC(C)CC3)ccc2N2C[C@H]3C[C@@H](C2)c2cccc(=O)n2C3)cc1. The smallest absolute Gasteiger partial charge is 0.253 e. The van der Waals surface area contributed by atoms with Crippen molar-refractivity contribution in [3.63, 3.8) is 0 Å². The molecule has 3 aliphatic heterocycles. The maximum Gasteiger partial charge on any atom is 0.253 e. The Kier molecular flexibility index (Phi) is 7.36. The number of aryl methyl sites for hydroxylation is 1. The Balaban J connectivity index is 1.29. The molecule has 0 unspecified atom stereocenters. The molecule has 1 amide bonds. The molecule has 2 aromatic carbocycles. The number of nitrogens with one attached hydrogen (secondary N) is 2. The van der Waals surface area contributed by atoms with Crippen LogP contribution in [0.3, 0.4) is 0 Å². The summed E-state index contributed by atoms with van der Waals surface area (Å²) >= 11 is 5.73. The molecule has 0 saturated carbocycles. The minimum atomic E-state index is 0.0720. The summed E-state index contributed by atoms with van der Waals surface area (Å²) in [6.07, 6.45) is 3.17. The van der Waals surface area contributed by atoms with Gasteiger partial charge in [-0.15, -0.1) is 0 Å². The second kappa shape index (κ2) is 11.1. The number of likely N-dealkylation sites (tertiary alicyclic amines) is 1. The van der Waals surface area contributed by atoms with Crippen LogP contribution in [0.1, 0.15) is 53.7 Å². The van der Waals surface area contributed by atoms with Gasteiger partial charge in [-0.1, -0.05) is 30.7 Å². The second-order valence-corrected chi connectivity index (χ2v) is 12.2. The molecule has 3 aliphatic rings. The molecule has 2 atom stereocenters. The highest BCUT2D eigenvalue weighted by Crippen LogP contribution is 2.39. The van der Waals surface area contributed by atoms with Gasteiger partial charge in [0, 0.05) is 61.7 Å². The number of fused-ring (bicyclic) bond motifs is 4. The van der Waals surface area contributed by atoms with Crippen molar-refractivity contribution in [2.24, 2.45) is 11.8 Å². The number of pyridine rings is 1. The molecule has 7 nitrogen and oxygen atoms in total. The summed E-state index contributed by atoms with van der Waals surface area (Å²) in [5, 5.41) is 7.20. The average molecular weight is 556 g/mol. The Morgan fingerprint density at radius 3 is 2.50 bits per heavy atom. The van der Waals surface area contributed by atoms with Crippen molar-refractivity contribution in [3.8, 4) is 0 Å². The molecule has 40 heavy (non-hydrogen) atoms. The second-order valence-electron chi connectivity index (χ2n) is 11.8. The fourth-order valence-corrected chi connectivity index (χ4v) is 6.68. The molecule has 0 spiro atoms. The number of hydrogen-bond acceptors (Lipinski definition) is 4. The monoisotopic (exact) mass is 555 g/mol.